The van der Waals surface area contributed by atoms with Gasteiger partial charge < -0.3 is 4.74 Å². The predicted octanol–water partition coefficient (Wildman–Crippen LogP) is 6.03. The van der Waals surface area contributed by atoms with Crippen molar-refractivity contribution in [3.8, 4) is 0 Å². The number of anilines is 1. The summed E-state index contributed by atoms with van der Waals surface area (Å²) >= 11 is 0. The van der Waals surface area contributed by atoms with Gasteiger partial charge in [-0.3, -0.25) is 0 Å². The standard InChI is InChI=1S/C28H23F3N2O4S/c1-17-7-11-20(12-8-17)38(35,36)32-14-13-27-22-5-3-4-6-23(22)33(26(34)37-2)24(27)15-18-9-10-19(28(29,30)31)16-21(18)25(27)32/h3-12,15-16,25H,13-14H2,1-2H3/t25-,27-/m0/s1. The topological polar surface area (TPSA) is 66.9 Å². The van der Waals surface area contributed by atoms with Gasteiger partial charge in [0, 0.05) is 12.2 Å². The summed E-state index contributed by atoms with van der Waals surface area (Å²) in [4.78, 5) is 14.5. The quantitative estimate of drug-likeness (QED) is 0.398. The maximum atomic E-state index is 14.0. The van der Waals surface area contributed by atoms with Crippen LogP contribution in [0.3, 0.4) is 0 Å². The monoisotopic (exact) mass is 540 g/mol. The lowest BCUT2D eigenvalue weighted by atomic mass is 9.67. The molecular formula is C28H23F3N2O4S. The SMILES string of the molecule is COC(=O)N1C2=Cc3ccc(C(F)(F)F)cc3[C@@H]3N(S(=O)(=O)c4ccc(C)cc4)CC[C@]23c2ccccc21. The van der Waals surface area contributed by atoms with Crippen molar-refractivity contribution in [2.24, 2.45) is 0 Å². The van der Waals surface area contributed by atoms with Crippen molar-refractivity contribution in [3.05, 3.63) is 100 Å². The largest absolute Gasteiger partial charge is 0.452 e. The maximum absolute atomic E-state index is 14.0. The van der Waals surface area contributed by atoms with E-state index < -0.39 is 39.3 Å². The number of aryl methyl sites for hydroxylation is 1. The van der Waals surface area contributed by atoms with E-state index in [1.54, 1.807) is 42.5 Å². The number of benzene rings is 3. The second-order valence-electron chi connectivity index (χ2n) is 9.75. The summed E-state index contributed by atoms with van der Waals surface area (Å²) in [5.74, 6) is 0. The van der Waals surface area contributed by atoms with Crippen molar-refractivity contribution in [2.45, 2.75) is 35.9 Å². The van der Waals surface area contributed by atoms with Crippen LogP contribution in [0.15, 0.2) is 77.3 Å². The molecule has 0 bridgehead atoms. The number of carbonyl (C=O) groups is 1. The van der Waals surface area contributed by atoms with Crippen molar-refractivity contribution < 1.29 is 31.1 Å². The van der Waals surface area contributed by atoms with Crippen molar-refractivity contribution >= 4 is 27.9 Å². The van der Waals surface area contributed by atoms with Crippen LogP contribution in [0.1, 0.15) is 40.3 Å². The van der Waals surface area contributed by atoms with E-state index in [4.69, 9.17) is 4.74 Å². The van der Waals surface area contributed by atoms with Crippen LogP contribution >= 0.6 is 0 Å². The zero-order valence-electron chi connectivity index (χ0n) is 20.5. The molecule has 2 heterocycles. The summed E-state index contributed by atoms with van der Waals surface area (Å²) in [6.07, 6.45) is -3.31. The van der Waals surface area contributed by atoms with Crippen LogP contribution in [0.2, 0.25) is 0 Å². The lowest BCUT2D eigenvalue weighted by Crippen LogP contribution is -2.43. The van der Waals surface area contributed by atoms with Crippen molar-refractivity contribution in [3.63, 3.8) is 0 Å². The van der Waals surface area contributed by atoms with Gasteiger partial charge >= 0.3 is 12.3 Å². The van der Waals surface area contributed by atoms with Gasteiger partial charge in [-0.05, 0) is 66.4 Å². The maximum Gasteiger partial charge on any atom is 0.418 e. The summed E-state index contributed by atoms with van der Waals surface area (Å²) in [5.41, 5.74) is 1.28. The molecule has 38 heavy (non-hydrogen) atoms. The third-order valence-corrected chi connectivity index (χ3v) is 9.67. The highest BCUT2D eigenvalue weighted by Gasteiger charge is 2.63. The summed E-state index contributed by atoms with van der Waals surface area (Å²) in [6.45, 7) is 1.89. The molecule has 6 rings (SSSR count). The van der Waals surface area contributed by atoms with Gasteiger partial charge in [-0.1, -0.05) is 42.0 Å². The molecule has 0 unspecified atom stereocenters. The van der Waals surface area contributed by atoms with E-state index >= 15 is 0 Å². The average Bonchev–Trinajstić information content (AvgIpc) is 3.43. The fourth-order valence-corrected chi connectivity index (χ4v) is 7.79. The lowest BCUT2D eigenvalue weighted by molar-refractivity contribution is -0.137. The van der Waals surface area contributed by atoms with Crippen LogP contribution < -0.4 is 4.90 Å². The Morgan fingerprint density at radius 2 is 1.76 bits per heavy atom. The average molecular weight is 541 g/mol. The normalized spacial score (nSPS) is 22.3. The lowest BCUT2D eigenvalue weighted by Gasteiger charge is -2.41. The molecule has 2 aliphatic heterocycles. The molecular weight excluding hydrogens is 517 g/mol. The van der Waals surface area contributed by atoms with Gasteiger partial charge in [-0.15, -0.1) is 0 Å². The fraction of sp³-hybridized carbons (Fsp3) is 0.250. The molecule has 10 heteroatoms. The van der Waals surface area contributed by atoms with Gasteiger partial charge in [0.25, 0.3) is 0 Å². The summed E-state index contributed by atoms with van der Waals surface area (Å²) in [7, 11) is -2.86. The molecule has 1 amide bonds. The number of para-hydroxylation sites is 1. The molecule has 3 aromatic carbocycles. The van der Waals surface area contributed by atoms with Gasteiger partial charge in [0.05, 0.1) is 34.7 Å². The number of amides is 1. The number of alkyl halides is 3. The van der Waals surface area contributed by atoms with Crippen LogP contribution in [0, 0.1) is 6.92 Å². The number of hydrogen-bond donors (Lipinski definition) is 0. The third-order valence-electron chi connectivity index (χ3n) is 7.79. The van der Waals surface area contributed by atoms with Gasteiger partial charge in [0.15, 0.2) is 0 Å². The first-order chi connectivity index (χ1) is 18.0. The Morgan fingerprint density at radius 1 is 1.05 bits per heavy atom. The molecule has 2 atom stereocenters. The first-order valence-corrected chi connectivity index (χ1v) is 13.4. The molecule has 1 fully saturated rings. The number of halogens is 3. The highest BCUT2D eigenvalue weighted by Crippen LogP contribution is 2.64. The molecule has 0 radical (unpaired) electrons. The number of carbonyl (C=O) groups excluding carboxylic acids is 1. The number of fused-ring (bicyclic) bond motifs is 3. The third kappa shape index (κ3) is 3.29. The predicted molar refractivity (Wildman–Crippen MR) is 135 cm³/mol. The van der Waals surface area contributed by atoms with Gasteiger partial charge in [0.1, 0.15) is 0 Å². The Bertz CT molecular complexity index is 1620. The van der Waals surface area contributed by atoms with Gasteiger partial charge in [-0.25, -0.2) is 18.1 Å². The van der Waals surface area contributed by atoms with E-state index in [0.29, 0.717) is 22.5 Å². The fourth-order valence-electron chi connectivity index (χ4n) is 6.13. The van der Waals surface area contributed by atoms with E-state index in [9.17, 15) is 26.4 Å². The molecule has 0 saturated carbocycles. The highest BCUT2D eigenvalue weighted by molar-refractivity contribution is 7.89. The first kappa shape index (κ1) is 24.7. The molecule has 1 saturated heterocycles. The Morgan fingerprint density at radius 3 is 2.45 bits per heavy atom. The number of methoxy groups -OCH3 is 1. The molecule has 1 aliphatic carbocycles. The van der Waals surface area contributed by atoms with Crippen molar-refractivity contribution in [1.82, 2.24) is 4.31 Å². The van der Waals surface area contributed by atoms with E-state index in [-0.39, 0.29) is 23.4 Å². The number of hydrogen-bond acceptors (Lipinski definition) is 4. The van der Waals surface area contributed by atoms with E-state index in [1.165, 1.54) is 34.5 Å². The van der Waals surface area contributed by atoms with Crippen LogP contribution in [0.25, 0.3) is 6.08 Å². The van der Waals surface area contributed by atoms with Crippen LogP contribution in [-0.2, 0) is 26.4 Å². The molecule has 3 aromatic rings. The number of nitrogens with zero attached hydrogens (tertiary/aromatic N) is 2. The minimum absolute atomic E-state index is 0.0528. The van der Waals surface area contributed by atoms with Gasteiger partial charge in [0.2, 0.25) is 10.0 Å². The summed E-state index contributed by atoms with van der Waals surface area (Å²) < 4.78 is 76.0. The van der Waals surface area contributed by atoms with Crippen molar-refractivity contribution in [2.75, 3.05) is 18.6 Å². The first-order valence-electron chi connectivity index (χ1n) is 12.0. The van der Waals surface area contributed by atoms with Crippen LogP contribution in [-0.4, -0.2) is 32.5 Å². The Hall–Kier alpha value is -3.63. The Balaban J connectivity index is 1.65. The van der Waals surface area contributed by atoms with Crippen LogP contribution in [0.4, 0.5) is 23.7 Å². The smallest absolute Gasteiger partial charge is 0.418 e. The number of rotatable bonds is 2. The molecule has 6 nitrogen and oxygen atoms in total. The second-order valence-corrected chi connectivity index (χ2v) is 11.6. The van der Waals surface area contributed by atoms with Crippen molar-refractivity contribution in [1.29, 1.82) is 0 Å². The Kier molecular flexibility index (Phi) is 5.32. The zero-order valence-corrected chi connectivity index (χ0v) is 21.3. The zero-order chi connectivity index (χ0) is 27.0. The summed E-state index contributed by atoms with van der Waals surface area (Å²) in [5, 5.41) is 0. The molecule has 0 aromatic heterocycles. The second kappa shape index (κ2) is 8.18. The van der Waals surface area contributed by atoms with E-state index in [0.717, 1.165) is 17.7 Å². The van der Waals surface area contributed by atoms with Crippen LogP contribution in [0.5, 0.6) is 0 Å². The molecule has 196 valence electrons. The molecule has 3 aliphatic rings. The molecule has 0 N–H and O–H groups in total. The summed E-state index contributed by atoms with van der Waals surface area (Å²) in [6, 6.07) is 15.8. The van der Waals surface area contributed by atoms with E-state index in [1.807, 2.05) is 6.92 Å². The van der Waals surface area contributed by atoms with Gasteiger partial charge in [-0.2, -0.15) is 17.5 Å². The molecule has 1 spiro atoms. The van der Waals surface area contributed by atoms with E-state index in [2.05, 4.69) is 0 Å². The Labute approximate surface area is 218 Å². The minimum atomic E-state index is -4.61. The highest BCUT2D eigenvalue weighted by atomic mass is 32.2. The number of sulfonamides is 1. The minimum Gasteiger partial charge on any atom is -0.452 e. The number of ether oxygens (including phenoxy) is 1.